The third-order valence-corrected chi connectivity index (χ3v) is 6.74. The standard InChI is InChI=1S/C29H38F2N2O5/c1-6-35-18-20-15-23(30)27(24(31)16-20)37-14-12-32-11-13-36-25-17-21-7-9-33(28(34)38-29(3,4)5)10-8-22(21)19(2)26(25)32/h15-17H,6-14,18H2,1-5H3. The van der Waals surface area contributed by atoms with E-state index in [1.165, 1.54) is 23.3 Å². The van der Waals surface area contributed by atoms with Crippen molar-refractivity contribution in [3.8, 4) is 11.5 Å². The molecule has 2 heterocycles. The second-order valence-corrected chi connectivity index (χ2v) is 10.7. The molecule has 7 nitrogen and oxygen atoms in total. The highest BCUT2D eigenvalue weighted by Crippen LogP contribution is 2.40. The van der Waals surface area contributed by atoms with Crippen molar-refractivity contribution in [2.24, 2.45) is 0 Å². The number of halogens is 2. The van der Waals surface area contributed by atoms with E-state index in [4.69, 9.17) is 18.9 Å². The molecule has 0 radical (unpaired) electrons. The number of hydrogen-bond acceptors (Lipinski definition) is 6. The molecule has 2 aromatic carbocycles. The summed E-state index contributed by atoms with van der Waals surface area (Å²) in [5.41, 5.74) is 4.32. The fourth-order valence-electron chi connectivity index (χ4n) is 4.99. The van der Waals surface area contributed by atoms with E-state index in [0.29, 0.717) is 57.8 Å². The number of amides is 1. The van der Waals surface area contributed by atoms with Gasteiger partial charge in [-0.1, -0.05) is 0 Å². The van der Waals surface area contributed by atoms with E-state index in [2.05, 4.69) is 17.9 Å². The summed E-state index contributed by atoms with van der Waals surface area (Å²) in [6.07, 6.45) is 1.13. The van der Waals surface area contributed by atoms with Gasteiger partial charge in [0.15, 0.2) is 17.4 Å². The quantitative estimate of drug-likeness (QED) is 0.475. The smallest absolute Gasteiger partial charge is 0.410 e. The second-order valence-electron chi connectivity index (χ2n) is 10.7. The number of carbonyl (C=O) groups excluding carboxylic acids is 1. The summed E-state index contributed by atoms with van der Waals surface area (Å²) in [6.45, 7) is 13.0. The lowest BCUT2D eigenvalue weighted by Gasteiger charge is -2.34. The van der Waals surface area contributed by atoms with Gasteiger partial charge in [-0.2, -0.15) is 0 Å². The summed E-state index contributed by atoms with van der Waals surface area (Å²) in [5, 5.41) is 0. The summed E-state index contributed by atoms with van der Waals surface area (Å²) in [5.74, 6) is -1.06. The van der Waals surface area contributed by atoms with Crippen molar-refractivity contribution in [1.29, 1.82) is 0 Å². The van der Waals surface area contributed by atoms with E-state index < -0.39 is 17.2 Å². The van der Waals surface area contributed by atoms with Gasteiger partial charge < -0.3 is 28.7 Å². The Morgan fingerprint density at radius 3 is 2.47 bits per heavy atom. The Kier molecular flexibility index (Phi) is 8.65. The first-order valence-corrected chi connectivity index (χ1v) is 13.3. The lowest BCUT2D eigenvalue weighted by Crippen LogP contribution is -2.38. The third-order valence-electron chi connectivity index (χ3n) is 6.74. The van der Waals surface area contributed by atoms with Gasteiger partial charge in [-0.15, -0.1) is 0 Å². The highest BCUT2D eigenvalue weighted by molar-refractivity contribution is 5.71. The van der Waals surface area contributed by atoms with E-state index in [9.17, 15) is 13.6 Å². The van der Waals surface area contributed by atoms with Crippen LogP contribution in [0, 0.1) is 18.6 Å². The minimum absolute atomic E-state index is 0.112. The normalized spacial score (nSPS) is 15.3. The number of benzene rings is 2. The number of fused-ring (bicyclic) bond motifs is 2. The number of hydrogen-bond donors (Lipinski definition) is 0. The van der Waals surface area contributed by atoms with Crippen LogP contribution >= 0.6 is 0 Å². The molecule has 0 aromatic heterocycles. The zero-order valence-electron chi connectivity index (χ0n) is 23.0. The van der Waals surface area contributed by atoms with Crippen LogP contribution in [0.5, 0.6) is 11.5 Å². The Labute approximate surface area is 223 Å². The Balaban J connectivity index is 1.45. The van der Waals surface area contributed by atoms with Gasteiger partial charge in [-0.25, -0.2) is 13.6 Å². The van der Waals surface area contributed by atoms with Crippen LogP contribution < -0.4 is 14.4 Å². The lowest BCUT2D eigenvalue weighted by atomic mass is 9.94. The molecule has 38 heavy (non-hydrogen) atoms. The molecule has 2 aliphatic heterocycles. The molecule has 2 aromatic rings. The van der Waals surface area contributed by atoms with Crippen LogP contribution in [-0.4, -0.2) is 62.6 Å². The SMILES string of the molecule is CCOCc1cc(F)c(OCCN2CCOc3cc4c(c(C)c32)CCN(C(=O)OC(C)(C)C)CC4)c(F)c1. The zero-order valence-corrected chi connectivity index (χ0v) is 23.0. The van der Waals surface area contributed by atoms with Crippen molar-refractivity contribution in [1.82, 2.24) is 4.90 Å². The predicted octanol–water partition coefficient (Wildman–Crippen LogP) is 5.42. The topological polar surface area (TPSA) is 60.5 Å². The molecule has 0 bridgehead atoms. The minimum Gasteiger partial charge on any atom is -0.490 e. The average Bonchev–Trinajstić information content (AvgIpc) is 3.06. The van der Waals surface area contributed by atoms with Crippen LogP contribution in [0.3, 0.4) is 0 Å². The summed E-state index contributed by atoms with van der Waals surface area (Å²) in [6, 6.07) is 4.57. The maximum Gasteiger partial charge on any atom is 0.410 e. The zero-order chi connectivity index (χ0) is 27.4. The molecule has 9 heteroatoms. The van der Waals surface area contributed by atoms with Gasteiger partial charge in [0.1, 0.15) is 24.6 Å². The van der Waals surface area contributed by atoms with E-state index in [-0.39, 0.29) is 25.1 Å². The van der Waals surface area contributed by atoms with Crippen LogP contribution in [0.25, 0.3) is 0 Å². The average molecular weight is 533 g/mol. The van der Waals surface area contributed by atoms with Crippen molar-refractivity contribution in [3.05, 3.63) is 52.1 Å². The van der Waals surface area contributed by atoms with Crippen LogP contribution in [0.1, 0.15) is 49.9 Å². The van der Waals surface area contributed by atoms with Gasteiger partial charge in [0.05, 0.1) is 25.4 Å². The molecule has 2 aliphatic rings. The largest absolute Gasteiger partial charge is 0.490 e. The highest BCUT2D eigenvalue weighted by atomic mass is 19.1. The van der Waals surface area contributed by atoms with Crippen molar-refractivity contribution in [2.75, 3.05) is 50.9 Å². The molecular formula is C29H38F2N2O5. The molecule has 0 saturated heterocycles. The van der Waals surface area contributed by atoms with Crippen molar-refractivity contribution in [2.45, 2.75) is 59.7 Å². The van der Waals surface area contributed by atoms with Crippen molar-refractivity contribution < 1.29 is 32.5 Å². The Morgan fingerprint density at radius 2 is 1.79 bits per heavy atom. The monoisotopic (exact) mass is 532 g/mol. The molecule has 0 N–H and O–H groups in total. The van der Waals surface area contributed by atoms with Gasteiger partial charge in [-0.3, -0.25) is 0 Å². The molecule has 4 rings (SSSR count). The molecule has 0 unspecified atom stereocenters. The Hall–Kier alpha value is -3.07. The van der Waals surface area contributed by atoms with E-state index in [1.807, 2.05) is 27.7 Å². The summed E-state index contributed by atoms with van der Waals surface area (Å²) < 4.78 is 51.4. The number of anilines is 1. The van der Waals surface area contributed by atoms with Crippen LogP contribution in [-0.2, 0) is 28.9 Å². The van der Waals surface area contributed by atoms with E-state index >= 15 is 0 Å². The summed E-state index contributed by atoms with van der Waals surface area (Å²) in [7, 11) is 0. The molecule has 0 aliphatic carbocycles. The molecule has 0 saturated carbocycles. The van der Waals surface area contributed by atoms with Crippen LogP contribution in [0.15, 0.2) is 18.2 Å². The van der Waals surface area contributed by atoms with Crippen molar-refractivity contribution >= 4 is 11.8 Å². The first-order valence-electron chi connectivity index (χ1n) is 13.3. The third kappa shape index (κ3) is 6.49. The van der Waals surface area contributed by atoms with Gasteiger partial charge in [0, 0.05) is 19.7 Å². The van der Waals surface area contributed by atoms with Crippen LogP contribution in [0.2, 0.25) is 0 Å². The fourth-order valence-corrected chi connectivity index (χ4v) is 4.99. The fraction of sp³-hybridized carbons (Fsp3) is 0.552. The highest BCUT2D eigenvalue weighted by Gasteiger charge is 2.29. The van der Waals surface area contributed by atoms with Gasteiger partial charge in [-0.05, 0) is 87.9 Å². The molecule has 0 fully saturated rings. The molecular weight excluding hydrogens is 494 g/mol. The summed E-state index contributed by atoms with van der Waals surface area (Å²) >= 11 is 0. The van der Waals surface area contributed by atoms with E-state index in [1.54, 1.807) is 4.90 Å². The van der Waals surface area contributed by atoms with E-state index in [0.717, 1.165) is 17.0 Å². The predicted molar refractivity (Wildman–Crippen MR) is 141 cm³/mol. The van der Waals surface area contributed by atoms with Crippen molar-refractivity contribution in [3.63, 3.8) is 0 Å². The van der Waals surface area contributed by atoms with Gasteiger partial charge in [0.2, 0.25) is 0 Å². The first kappa shape index (κ1) is 28.0. The lowest BCUT2D eigenvalue weighted by molar-refractivity contribution is 0.0258. The van der Waals surface area contributed by atoms with Gasteiger partial charge in [0.25, 0.3) is 0 Å². The summed E-state index contributed by atoms with van der Waals surface area (Å²) in [4.78, 5) is 16.6. The van der Waals surface area contributed by atoms with Gasteiger partial charge >= 0.3 is 6.09 Å². The number of nitrogens with zero attached hydrogens (tertiary/aromatic N) is 2. The second kappa shape index (κ2) is 11.8. The Morgan fingerprint density at radius 1 is 1.08 bits per heavy atom. The molecule has 0 spiro atoms. The van der Waals surface area contributed by atoms with Crippen LogP contribution in [0.4, 0.5) is 19.3 Å². The maximum absolute atomic E-state index is 14.5. The number of ether oxygens (including phenoxy) is 4. The first-order chi connectivity index (χ1) is 18.1. The number of carbonyl (C=O) groups is 1. The molecule has 0 atom stereocenters. The molecule has 208 valence electrons. The number of rotatable bonds is 7. The Bertz CT molecular complexity index is 1140. The maximum atomic E-state index is 14.5. The molecule has 1 amide bonds. The minimum atomic E-state index is -0.738.